The number of pyridine rings is 1. The van der Waals surface area contributed by atoms with Gasteiger partial charge in [-0.2, -0.15) is 4.68 Å². The monoisotopic (exact) mass is 442 g/mol. The second kappa shape index (κ2) is 9.23. The van der Waals surface area contributed by atoms with Crippen molar-refractivity contribution in [2.75, 3.05) is 0 Å². The molecule has 3 heterocycles. The number of carbonyl (C=O) groups excluding carboxylic acids is 1. The predicted octanol–water partition coefficient (Wildman–Crippen LogP) is 3.75. The van der Waals surface area contributed by atoms with Crippen LogP contribution in [0.15, 0.2) is 49.1 Å². The van der Waals surface area contributed by atoms with Gasteiger partial charge in [-0.25, -0.2) is 0 Å². The highest BCUT2D eigenvalue weighted by molar-refractivity contribution is 5.96. The summed E-state index contributed by atoms with van der Waals surface area (Å²) in [6.45, 7) is 9.93. The predicted molar refractivity (Wildman–Crippen MR) is 124 cm³/mol. The summed E-state index contributed by atoms with van der Waals surface area (Å²) in [6, 6.07) is 7.34. The maximum Gasteiger partial charge on any atom is 0.251 e. The lowest BCUT2D eigenvalue weighted by Crippen LogP contribution is -2.27. The second-order valence-corrected chi connectivity index (χ2v) is 8.38. The van der Waals surface area contributed by atoms with Crippen molar-refractivity contribution in [2.45, 2.75) is 46.6 Å². The molecule has 33 heavy (non-hydrogen) atoms. The summed E-state index contributed by atoms with van der Waals surface area (Å²) in [6.07, 6.45) is 6.67. The van der Waals surface area contributed by atoms with Gasteiger partial charge in [0.15, 0.2) is 5.82 Å². The van der Waals surface area contributed by atoms with E-state index in [1.165, 1.54) is 0 Å². The van der Waals surface area contributed by atoms with Gasteiger partial charge in [0.2, 0.25) is 0 Å². The minimum Gasteiger partial charge on any atom is -0.344 e. The number of nitrogens with zero attached hydrogens (tertiary/aromatic N) is 7. The third-order valence-corrected chi connectivity index (χ3v) is 5.30. The Hall–Kier alpha value is -4.01. The van der Waals surface area contributed by atoms with E-state index in [1.54, 1.807) is 29.3 Å². The summed E-state index contributed by atoms with van der Waals surface area (Å²) in [5, 5.41) is 15.2. The van der Waals surface area contributed by atoms with E-state index in [0.29, 0.717) is 22.8 Å². The fraction of sp³-hybridized carbons (Fsp3) is 0.292. The summed E-state index contributed by atoms with van der Waals surface area (Å²) >= 11 is 0. The molecule has 1 atom stereocenters. The Bertz CT molecular complexity index is 1280. The van der Waals surface area contributed by atoms with Crippen LogP contribution in [0.5, 0.6) is 0 Å². The quantitative estimate of drug-likeness (QED) is 0.484. The number of carbonyl (C=O) groups is 1. The summed E-state index contributed by atoms with van der Waals surface area (Å²) in [4.78, 5) is 26.2. The van der Waals surface area contributed by atoms with Crippen molar-refractivity contribution >= 4 is 5.91 Å². The van der Waals surface area contributed by atoms with Crippen LogP contribution in [0.2, 0.25) is 0 Å². The lowest BCUT2D eigenvalue weighted by molar-refractivity contribution is 0.0939. The van der Waals surface area contributed by atoms with Crippen molar-refractivity contribution in [3.63, 3.8) is 0 Å². The van der Waals surface area contributed by atoms with E-state index >= 15 is 0 Å². The number of benzene rings is 1. The first kappa shape index (κ1) is 22.2. The average Bonchev–Trinajstić information content (AvgIpc) is 3.30. The summed E-state index contributed by atoms with van der Waals surface area (Å²) in [5.74, 6) is 0.581. The van der Waals surface area contributed by atoms with Gasteiger partial charge in [-0.3, -0.25) is 19.7 Å². The molecule has 4 rings (SSSR count). The number of hydrogen-bond donors (Lipinski definition) is 1. The third-order valence-electron chi connectivity index (χ3n) is 5.30. The molecule has 1 amide bonds. The number of aromatic nitrogens is 7. The van der Waals surface area contributed by atoms with E-state index in [1.807, 2.05) is 52.9 Å². The molecule has 9 nitrogen and oxygen atoms in total. The number of aryl methyl sites for hydroxylation is 2. The Balaban J connectivity index is 1.79. The largest absolute Gasteiger partial charge is 0.344 e. The molecular formula is C24H26N8O. The molecule has 0 bridgehead atoms. The van der Waals surface area contributed by atoms with Gasteiger partial charge in [-0.15, -0.1) is 5.10 Å². The zero-order valence-corrected chi connectivity index (χ0v) is 19.3. The van der Waals surface area contributed by atoms with Crippen LogP contribution >= 0.6 is 0 Å². The molecule has 0 aliphatic carbocycles. The molecule has 3 aromatic heterocycles. The van der Waals surface area contributed by atoms with Gasteiger partial charge in [0.25, 0.3) is 5.91 Å². The molecule has 168 valence electrons. The van der Waals surface area contributed by atoms with E-state index in [-0.39, 0.29) is 17.9 Å². The Morgan fingerprint density at radius 2 is 1.82 bits per heavy atom. The van der Waals surface area contributed by atoms with Gasteiger partial charge in [-0.1, -0.05) is 19.9 Å². The van der Waals surface area contributed by atoms with Crippen molar-refractivity contribution in [1.29, 1.82) is 0 Å². The molecular weight excluding hydrogens is 416 g/mol. The lowest BCUT2D eigenvalue weighted by Gasteiger charge is -2.16. The molecule has 0 spiro atoms. The fourth-order valence-electron chi connectivity index (χ4n) is 3.64. The van der Waals surface area contributed by atoms with E-state index < -0.39 is 0 Å². The Morgan fingerprint density at radius 1 is 1.00 bits per heavy atom. The minimum absolute atomic E-state index is 0.108. The molecule has 4 aromatic rings. The van der Waals surface area contributed by atoms with Crippen molar-refractivity contribution in [3.05, 3.63) is 77.3 Å². The van der Waals surface area contributed by atoms with Crippen molar-refractivity contribution in [3.8, 4) is 16.9 Å². The molecule has 1 aromatic carbocycles. The van der Waals surface area contributed by atoms with Crippen LogP contribution in [-0.2, 0) is 0 Å². The zero-order chi connectivity index (χ0) is 23.5. The van der Waals surface area contributed by atoms with Gasteiger partial charge in [-0.05, 0) is 60.5 Å². The van der Waals surface area contributed by atoms with E-state index in [0.717, 1.165) is 22.4 Å². The third kappa shape index (κ3) is 4.77. The number of rotatable bonds is 6. The van der Waals surface area contributed by atoms with Crippen molar-refractivity contribution < 1.29 is 4.79 Å². The summed E-state index contributed by atoms with van der Waals surface area (Å²) < 4.78 is 1.67. The summed E-state index contributed by atoms with van der Waals surface area (Å²) in [7, 11) is 0. The van der Waals surface area contributed by atoms with E-state index in [4.69, 9.17) is 0 Å². The van der Waals surface area contributed by atoms with Crippen molar-refractivity contribution in [2.24, 2.45) is 0 Å². The molecule has 0 aliphatic rings. The lowest BCUT2D eigenvalue weighted by atomic mass is 10.0. The van der Waals surface area contributed by atoms with Crippen LogP contribution in [0.25, 0.3) is 16.9 Å². The van der Waals surface area contributed by atoms with Crippen LogP contribution in [0, 0.1) is 13.8 Å². The highest BCUT2D eigenvalue weighted by Gasteiger charge is 2.19. The van der Waals surface area contributed by atoms with Gasteiger partial charge >= 0.3 is 0 Å². The number of nitrogens with one attached hydrogen (secondary N) is 1. The van der Waals surface area contributed by atoms with Gasteiger partial charge in [0.05, 0.1) is 29.3 Å². The molecule has 0 aliphatic heterocycles. The molecule has 0 saturated heterocycles. The molecule has 9 heteroatoms. The van der Waals surface area contributed by atoms with Crippen LogP contribution in [0.1, 0.15) is 65.7 Å². The van der Waals surface area contributed by atoms with E-state index in [9.17, 15) is 4.79 Å². The van der Waals surface area contributed by atoms with Crippen LogP contribution in [0.3, 0.4) is 0 Å². The molecule has 1 unspecified atom stereocenters. The Labute approximate surface area is 192 Å². The molecule has 0 saturated carbocycles. The first-order valence-electron chi connectivity index (χ1n) is 10.8. The standard InChI is InChI=1S/C24H26N8O/c1-14(2)23-29-30-31-32(23)20-10-18(22-16(4)8-15(3)12-27-22)9-19(11-20)24(33)28-17(5)21-13-25-6-7-26-21/h6-14,17H,1-5H3,(H,28,33). The molecule has 0 fully saturated rings. The number of tetrazole rings is 1. The Morgan fingerprint density at radius 3 is 2.52 bits per heavy atom. The number of amides is 1. The highest BCUT2D eigenvalue weighted by Crippen LogP contribution is 2.27. The number of hydrogen-bond acceptors (Lipinski definition) is 7. The average molecular weight is 443 g/mol. The van der Waals surface area contributed by atoms with Gasteiger partial charge in [0.1, 0.15) is 0 Å². The van der Waals surface area contributed by atoms with Crippen LogP contribution < -0.4 is 5.32 Å². The SMILES string of the molecule is Cc1cnc(-c2cc(C(=O)NC(C)c3cnccn3)cc(-n3nnnc3C(C)C)c2)c(C)c1. The van der Waals surface area contributed by atoms with Crippen molar-refractivity contribution in [1.82, 2.24) is 40.5 Å². The van der Waals surface area contributed by atoms with Gasteiger partial charge in [0, 0.05) is 35.6 Å². The first-order valence-corrected chi connectivity index (χ1v) is 10.8. The second-order valence-electron chi connectivity index (χ2n) is 8.38. The van der Waals surface area contributed by atoms with Crippen LogP contribution in [0.4, 0.5) is 0 Å². The topological polar surface area (TPSA) is 111 Å². The van der Waals surface area contributed by atoms with Gasteiger partial charge < -0.3 is 5.32 Å². The minimum atomic E-state index is -0.309. The smallest absolute Gasteiger partial charge is 0.251 e. The Kier molecular flexibility index (Phi) is 6.21. The first-order chi connectivity index (χ1) is 15.8. The molecule has 0 radical (unpaired) electrons. The fourth-order valence-corrected chi connectivity index (χ4v) is 3.64. The maximum atomic E-state index is 13.3. The maximum absolute atomic E-state index is 13.3. The molecule has 1 N–H and O–H groups in total. The van der Waals surface area contributed by atoms with E-state index in [2.05, 4.69) is 41.9 Å². The van der Waals surface area contributed by atoms with Crippen LogP contribution in [-0.4, -0.2) is 41.1 Å². The zero-order valence-electron chi connectivity index (χ0n) is 19.3. The normalized spacial score (nSPS) is 12.1. The highest BCUT2D eigenvalue weighted by atomic mass is 16.1. The summed E-state index contributed by atoms with van der Waals surface area (Å²) in [5.41, 5.74) is 5.56.